The smallest absolute Gasteiger partial charge is 0.218 e. The average Bonchev–Trinajstić information content (AvgIpc) is 2.66. The Labute approximate surface area is 152 Å². The Hall–Kier alpha value is -2.56. The first-order valence-corrected chi connectivity index (χ1v) is 8.35. The van der Waals surface area contributed by atoms with E-state index in [0.29, 0.717) is 28.3 Å². The van der Waals surface area contributed by atoms with Crippen LogP contribution in [0.5, 0.6) is 5.75 Å². The highest BCUT2D eigenvalue weighted by Gasteiger charge is 2.43. The summed E-state index contributed by atoms with van der Waals surface area (Å²) in [7, 11) is 0. The van der Waals surface area contributed by atoms with Crippen molar-refractivity contribution in [3.63, 3.8) is 0 Å². The van der Waals surface area contributed by atoms with Gasteiger partial charge in [0.05, 0.1) is 12.6 Å². The molecule has 1 aliphatic carbocycles. The lowest BCUT2D eigenvalue weighted by molar-refractivity contribution is -0.239. The second kappa shape index (κ2) is 6.87. The molecule has 142 valence electrons. The molecule has 9 nitrogen and oxygen atoms in total. The number of nitrogens with zero attached hydrogens (tertiary/aromatic N) is 1. The number of nitrogens with two attached hydrogens (primary N) is 1. The molecule has 3 aliphatic rings. The van der Waals surface area contributed by atoms with Crippen LogP contribution >= 0.6 is 0 Å². The number of ether oxygens (including phenoxy) is 2. The van der Waals surface area contributed by atoms with E-state index in [4.69, 9.17) is 19.6 Å². The molecular formula is C18H18N2O7. The van der Waals surface area contributed by atoms with Crippen molar-refractivity contribution in [2.75, 3.05) is 6.61 Å². The number of aliphatic hydroxyl groups is 3. The third-order valence-electron chi connectivity index (χ3n) is 4.50. The van der Waals surface area contributed by atoms with Crippen molar-refractivity contribution in [3.05, 3.63) is 46.6 Å². The summed E-state index contributed by atoms with van der Waals surface area (Å²) in [6.45, 7) is -0.495. The maximum absolute atomic E-state index is 11.5. The zero-order valence-corrected chi connectivity index (χ0v) is 14.1. The van der Waals surface area contributed by atoms with Gasteiger partial charge in [0.15, 0.2) is 16.8 Å². The van der Waals surface area contributed by atoms with Gasteiger partial charge in [0, 0.05) is 12.1 Å². The van der Waals surface area contributed by atoms with Crippen LogP contribution in [0.4, 0.5) is 0 Å². The van der Waals surface area contributed by atoms with E-state index in [9.17, 15) is 20.1 Å². The van der Waals surface area contributed by atoms with Crippen LogP contribution in [0.15, 0.2) is 45.6 Å². The molecule has 5 N–H and O–H groups in total. The molecule has 0 bridgehead atoms. The van der Waals surface area contributed by atoms with Gasteiger partial charge < -0.3 is 34.9 Å². The third kappa shape index (κ3) is 3.27. The minimum atomic E-state index is -1.31. The predicted molar refractivity (Wildman–Crippen MR) is 93.3 cm³/mol. The zero-order chi connectivity index (χ0) is 19.1. The molecule has 9 heteroatoms. The van der Waals surface area contributed by atoms with Crippen LogP contribution in [0, 0.1) is 0 Å². The summed E-state index contributed by atoms with van der Waals surface area (Å²) >= 11 is 0. The van der Waals surface area contributed by atoms with E-state index in [1.807, 2.05) is 0 Å². The normalized spacial score (nSPS) is 28.5. The standard InChI is InChI=1S/C18H18N2O7/c19-15-17(24)16(23)14(7-21)27-18(15)25-9-2-4-11-13(6-9)26-12-5-8(22)1-3-10(12)20-11/h1-6,14-18,21,23-24H,7,19H2/t14-,15-,16-,17-,18-/m1/s1. The second-order valence-corrected chi connectivity index (χ2v) is 6.37. The van der Waals surface area contributed by atoms with Gasteiger partial charge in [0.1, 0.15) is 35.3 Å². The molecule has 1 aromatic rings. The van der Waals surface area contributed by atoms with Gasteiger partial charge in [-0.05, 0) is 24.3 Å². The Morgan fingerprint density at radius 2 is 1.96 bits per heavy atom. The van der Waals surface area contributed by atoms with Crippen LogP contribution in [0.3, 0.4) is 0 Å². The van der Waals surface area contributed by atoms with E-state index >= 15 is 0 Å². The van der Waals surface area contributed by atoms with Gasteiger partial charge in [-0.15, -0.1) is 0 Å². The molecule has 1 fully saturated rings. The van der Waals surface area contributed by atoms with Crippen LogP contribution in [0.2, 0.25) is 0 Å². The molecule has 2 heterocycles. The molecule has 1 saturated heterocycles. The lowest BCUT2D eigenvalue weighted by atomic mass is 9.98. The molecule has 5 atom stereocenters. The largest absolute Gasteiger partial charge is 0.463 e. The van der Waals surface area contributed by atoms with E-state index in [1.54, 1.807) is 24.3 Å². The Balaban J connectivity index is 1.65. The highest BCUT2D eigenvalue weighted by Crippen LogP contribution is 2.28. The van der Waals surface area contributed by atoms with Gasteiger partial charge in [-0.2, -0.15) is 0 Å². The summed E-state index contributed by atoms with van der Waals surface area (Å²) in [6, 6.07) is 8.17. The first kappa shape index (κ1) is 17.8. The summed E-state index contributed by atoms with van der Waals surface area (Å²) in [5, 5.41) is 29.1. The zero-order valence-electron chi connectivity index (χ0n) is 14.1. The van der Waals surface area contributed by atoms with Gasteiger partial charge >= 0.3 is 0 Å². The fourth-order valence-electron chi connectivity index (χ4n) is 3.00. The van der Waals surface area contributed by atoms with Crippen LogP contribution in [-0.2, 0) is 4.74 Å². The molecular weight excluding hydrogens is 356 g/mol. The Morgan fingerprint density at radius 1 is 1.15 bits per heavy atom. The van der Waals surface area contributed by atoms with Gasteiger partial charge in [0.2, 0.25) is 6.29 Å². The third-order valence-corrected chi connectivity index (χ3v) is 4.50. The van der Waals surface area contributed by atoms with Crippen molar-refractivity contribution in [2.24, 2.45) is 5.73 Å². The molecule has 2 aliphatic heterocycles. The molecule has 0 spiro atoms. The van der Waals surface area contributed by atoms with E-state index in [0.717, 1.165) is 0 Å². The van der Waals surface area contributed by atoms with Crippen molar-refractivity contribution >= 4 is 11.1 Å². The number of fused-ring (bicyclic) bond motifs is 2. The molecule has 0 aromatic heterocycles. The molecule has 1 aromatic carbocycles. The maximum atomic E-state index is 11.5. The van der Waals surface area contributed by atoms with Gasteiger partial charge in [-0.3, -0.25) is 4.79 Å². The fourth-order valence-corrected chi connectivity index (χ4v) is 3.00. The highest BCUT2D eigenvalue weighted by molar-refractivity contribution is 5.77. The van der Waals surface area contributed by atoms with Crippen LogP contribution in [-0.4, -0.2) is 57.6 Å². The topological polar surface area (TPSA) is 148 Å². The van der Waals surface area contributed by atoms with Gasteiger partial charge in [-0.1, -0.05) is 0 Å². The SMILES string of the molecule is N[C@H]1[C@H](Oc2ccc3nc4ccc(=O)cc-4oc3c2)O[C@H](CO)[C@@H](O)[C@@H]1O. The van der Waals surface area contributed by atoms with Crippen LogP contribution < -0.4 is 15.9 Å². The van der Waals surface area contributed by atoms with Crippen LogP contribution in [0.1, 0.15) is 0 Å². The van der Waals surface area contributed by atoms with Crippen LogP contribution in [0.25, 0.3) is 22.6 Å². The van der Waals surface area contributed by atoms with Crippen molar-refractivity contribution in [1.29, 1.82) is 0 Å². The fraction of sp³-hybridized carbons (Fsp3) is 0.333. The summed E-state index contributed by atoms with van der Waals surface area (Å²) in [5.74, 6) is 0.670. The second-order valence-electron chi connectivity index (χ2n) is 6.37. The Bertz CT molecular complexity index is 989. The number of hydrogen-bond donors (Lipinski definition) is 4. The minimum absolute atomic E-state index is 0.191. The minimum Gasteiger partial charge on any atom is -0.463 e. The van der Waals surface area contributed by atoms with Gasteiger partial charge in [0.25, 0.3) is 0 Å². The predicted octanol–water partition coefficient (Wildman–Crippen LogP) is -0.562. The monoisotopic (exact) mass is 374 g/mol. The quantitative estimate of drug-likeness (QED) is 0.443. The Morgan fingerprint density at radius 3 is 2.74 bits per heavy atom. The first-order chi connectivity index (χ1) is 13.0. The lowest BCUT2D eigenvalue weighted by Crippen LogP contribution is -2.63. The Kier molecular flexibility index (Phi) is 4.54. The van der Waals surface area contributed by atoms with Crippen molar-refractivity contribution in [1.82, 2.24) is 4.98 Å². The lowest BCUT2D eigenvalue weighted by Gasteiger charge is -2.40. The summed E-state index contributed by atoms with van der Waals surface area (Å²) in [4.78, 5) is 15.9. The van der Waals surface area contributed by atoms with E-state index in [1.165, 1.54) is 12.1 Å². The van der Waals surface area contributed by atoms with Gasteiger partial charge in [-0.25, -0.2) is 4.98 Å². The van der Waals surface area contributed by atoms with E-state index in [2.05, 4.69) is 4.98 Å². The molecule has 0 saturated carbocycles. The summed E-state index contributed by atoms with van der Waals surface area (Å²) in [6.07, 6.45) is -4.73. The summed E-state index contributed by atoms with van der Waals surface area (Å²) < 4.78 is 16.8. The number of rotatable bonds is 3. The molecule has 0 radical (unpaired) electrons. The van der Waals surface area contributed by atoms with Crippen molar-refractivity contribution < 1.29 is 29.2 Å². The number of hydrogen-bond acceptors (Lipinski definition) is 9. The molecule has 4 rings (SSSR count). The molecule has 0 unspecified atom stereocenters. The average molecular weight is 374 g/mol. The molecule has 0 amide bonds. The summed E-state index contributed by atoms with van der Waals surface area (Å²) in [5.41, 5.74) is 7.18. The van der Waals surface area contributed by atoms with Crippen molar-refractivity contribution in [3.8, 4) is 17.2 Å². The maximum Gasteiger partial charge on any atom is 0.218 e. The van der Waals surface area contributed by atoms with E-state index < -0.39 is 37.3 Å². The number of aromatic nitrogens is 1. The highest BCUT2D eigenvalue weighted by atomic mass is 16.7. The van der Waals surface area contributed by atoms with Crippen molar-refractivity contribution in [2.45, 2.75) is 30.6 Å². The molecule has 27 heavy (non-hydrogen) atoms. The first-order valence-electron chi connectivity index (χ1n) is 8.35. The number of aliphatic hydroxyl groups excluding tert-OH is 3. The van der Waals surface area contributed by atoms with E-state index in [-0.39, 0.29) is 5.43 Å². The number of benzene rings is 2.